The predicted octanol–water partition coefficient (Wildman–Crippen LogP) is 3.54. The molecule has 1 aromatic carbocycles. The molecule has 0 aromatic heterocycles. The van der Waals surface area contributed by atoms with Crippen LogP contribution in [0.25, 0.3) is 0 Å². The van der Waals surface area contributed by atoms with Crippen molar-refractivity contribution in [3.8, 4) is 0 Å². The number of rotatable bonds is 2. The number of hydrogen-bond acceptors (Lipinski definition) is 3. The minimum atomic E-state index is 0.567. The molecule has 1 aliphatic heterocycles. The van der Waals surface area contributed by atoms with Crippen LogP contribution in [-0.4, -0.2) is 17.5 Å². The summed E-state index contributed by atoms with van der Waals surface area (Å²) in [5.74, 6) is 2.47. The van der Waals surface area contributed by atoms with Gasteiger partial charge in [-0.05, 0) is 43.2 Å². The molecule has 1 fully saturated rings. The molecule has 1 atom stereocenters. The SMILES string of the molecule is Cc1cc(N)c(Cl)cc1NC1CCCSC1. The molecule has 1 aromatic rings. The van der Waals surface area contributed by atoms with Crippen molar-refractivity contribution in [3.63, 3.8) is 0 Å². The van der Waals surface area contributed by atoms with Crippen LogP contribution < -0.4 is 11.1 Å². The van der Waals surface area contributed by atoms with E-state index in [9.17, 15) is 0 Å². The summed E-state index contributed by atoms with van der Waals surface area (Å²) >= 11 is 8.05. The van der Waals surface area contributed by atoms with Crippen molar-refractivity contribution >= 4 is 34.7 Å². The highest BCUT2D eigenvalue weighted by molar-refractivity contribution is 7.99. The van der Waals surface area contributed by atoms with E-state index in [1.807, 2.05) is 23.9 Å². The molecule has 0 radical (unpaired) electrons. The van der Waals surface area contributed by atoms with Crippen molar-refractivity contribution in [2.75, 3.05) is 22.6 Å². The van der Waals surface area contributed by atoms with Crippen LogP contribution in [0, 0.1) is 6.92 Å². The van der Waals surface area contributed by atoms with E-state index in [2.05, 4.69) is 12.2 Å². The number of thioether (sulfide) groups is 1. The first kappa shape index (κ1) is 11.9. The molecular formula is C12H17ClN2S. The summed E-state index contributed by atoms with van der Waals surface area (Å²) in [5, 5.41) is 4.19. The number of benzene rings is 1. The number of anilines is 2. The quantitative estimate of drug-likeness (QED) is 0.795. The third-order valence-corrected chi connectivity index (χ3v) is 4.41. The van der Waals surface area contributed by atoms with Crippen LogP contribution >= 0.6 is 23.4 Å². The minimum absolute atomic E-state index is 0.567. The number of nitrogens with one attached hydrogen (secondary N) is 1. The maximum Gasteiger partial charge on any atom is 0.0656 e. The Bertz CT molecular complexity index is 376. The second-order valence-electron chi connectivity index (χ2n) is 4.25. The van der Waals surface area contributed by atoms with Gasteiger partial charge in [0, 0.05) is 17.5 Å². The lowest BCUT2D eigenvalue weighted by Gasteiger charge is -2.24. The second-order valence-corrected chi connectivity index (χ2v) is 5.80. The average Bonchev–Trinajstić information content (AvgIpc) is 2.27. The van der Waals surface area contributed by atoms with Gasteiger partial charge < -0.3 is 11.1 Å². The highest BCUT2D eigenvalue weighted by atomic mass is 35.5. The minimum Gasteiger partial charge on any atom is -0.398 e. The highest BCUT2D eigenvalue weighted by Gasteiger charge is 2.14. The smallest absolute Gasteiger partial charge is 0.0656 e. The average molecular weight is 257 g/mol. The molecule has 2 nitrogen and oxygen atoms in total. The number of hydrogen-bond donors (Lipinski definition) is 2. The van der Waals surface area contributed by atoms with Crippen molar-refractivity contribution in [1.29, 1.82) is 0 Å². The van der Waals surface area contributed by atoms with E-state index in [-0.39, 0.29) is 0 Å². The molecular weight excluding hydrogens is 240 g/mol. The van der Waals surface area contributed by atoms with Crippen LogP contribution in [0.15, 0.2) is 12.1 Å². The van der Waals surface area contributed by atoms with E-state index >= 15 is 0 Å². The molecule has 2 rings (SSSR count). The summed E-state index contributed by atoms with van der Waals surface area (Å²) in [4.78, 5) is 0. The van der Waals surface area contributed by atoms with Crippen LogP contribution in [0.2, 0.25) is 5.02 Å². The zero-order valence-electron chi connectivity index (χ0n) is 9.42. The molecule has 1 aliphatic rings. The van der Waals surface area contributed by atoms with Gasteiger partial charge in [-0.3, -0.25) is 0 Å². The first-order valence-electron chi connectivity index (χ1n) is 5.56. The molecule has 0 spiro atoms. The fraction of sp³-hybridized carbons (Fsp3) is 0.500. The topological polar surface area (TPSA) is 38.0 Å². The molecule has 0 amide bonds. The fourth-order valence-electron chi connectivity index (χ4n) is 1.93. The summed E-state index contributed by atoms with van der Waals surface area (Å²) in [6, 6.07) is 4.43. The normalized spacial score (nSPS) is 20.8. The number of nitrogens with two attached hydrogens (primary N) is 1. The summed E-state index contributed by atoms with van der Waals surface area (Å²) in [5.41, 5.74) is 8.70. The standard InChI is InChI=1S/C12H17ClN2S/c1-8-5-11(14)10(13)6-12(8)15-9-3-2-4-16-7-9/h5-6,9,15H,2-4,7,14H2,1H3. The highest BCUT2D eigenvalue weighted by Crippen LogP contribution is 2.29. The second kappa shape index (κ2) is 5.19. The number of halogens is 1. The Kier molecular flexibility index (Phi) is 3.87. The fourth-order valence-corrected chi connectivity index (χ4v) is 3.17. The molecule has 3 N–H and O–H groups in total. The van der Waals surface area contributed by atoms with E-state index in [0.717, 1.165) is 11.3 Å². The zero-order valence-corrected chi connectivity index (χ0v) is 11.0. The monoisotopic (exact) mass is 256 g/mol. The van der Waals surface area contributed by atoms with Crippen molar-refractivity contribution in [1.82, 2.24) is 0 Å². The first-order valence-corrected chi connectivity index (χ1v) is 7.10. The molecule has 1 heterocycles. The van der Waals surface area contributed by atoms with Gasteiger partial charge in [-0.25, -0.2) is 0 Å². The van der Waals surface area contributed by atoms with Crippen molar-refractivity contribution in [2.45, 2.75) is 25.8 Å². The third-order valence-electron chi connectivity index (χ3n) is 2.86. The van der Waals surface area contributed by atoms with Crippen molar-refractivity contribution in [3.05, 3.63) is 22.7 Å². The van der Waals surface area contributed by atoms with Crippen LogP contribution in [0.3, 0.4) is 0 Å². The predicted molar refractivity (Wildman–Crippen MR) is 74.6 cm³/mol. The zero-order chi connectivity index (χ0) is 11.5. The molecule has 16 heavy (non-hydrogen) atoms. The molecule has 0 saturated carbocycles. The van der Waals surface area contributed by atoms with Gasteiger partial charge in [-0.1, -0.05) is 11.6 Å². The maximum atomic E-state index is 6.03. The molecule has 0 bridgehead atoms. The van der Waals surface area contributed by atoms with Crippen LogP contribution in [-0.2, 0) is 0 Å². The van der Waals surface area contributed by atoms with Gasteiger partial charge >= 0.3 is 0 Å². The van der Waals surface area contributed by atoms with Gasteiger partial charge in [0.2, 0.25) is 0 Å². The molecule has 0 aliphatic carbocycles. The Labute approximate surface area is 106 Å². The van der Waals surface area contributed by atoms with Crippen molar-refractivity contribution < 1.29 is 0 Å². The lowest BCUT2D eigenvalue weighted by molar-refractivity contribution is 0.684. The molecule has 4 heteroatoms. The summed E-state index contributed by atoms with van der Waals surface area (Å²) in [7, 11) is 0. The van der Waals surface area contributed by atoms with Gasteiger partial charge in [0.25, 0.3) is 0 Å². The molecule has 1 unspecified atom stereocenters. The van der Waals surface area contributed by atoms with Crippen LogP contribution in [0.4, 0.5) is 11.4 Å². The van der Waals surface area contributed by atoms with Gasteiger partial charge in [0.1, 0.15) is 0 Å². The lowest BCUT2D eigenvalue weighted by Crippen LogP contribution is -2.26. The maximum absolute atomic E-state index is 6.03. The number of aryl methyl sites for hydroxylation is 1. The Balaban J connectivity index is 2.11. The van der Waals surface area contributed by atoms with E-state index < -0.39 is 0 Å². The Morgan fingerprint density at radius 1 is 1.50 bits per heavy atom. The Morgan fingerprint density at radius 2 is 2.31 bits per heavy atom. The Morgan fingerprint density at radius 3 is 3.00 bits per heavy atom. The van der Waals surface area contributed by atoms with Crippen LogP contribution in [0.5, 0.6) is 0 Å². The van der Waals surface area contributed by atoms with Gasteiger partial charge in [0.15, 0.2) is 0 Å². The van der Waals surface area contributed by atoms with Gasteiger partial charge in [-0.2, -0.15) is 11.8 Å². The number of nitrogen functional groups attached to an aromatic ring is 1. The summed E-state index contributed by atoms with van der Waals surface area (Å²) < 4.78 is 0. The van der Waals surface area contributed by atoms with E-state index in [0.29, 0.717) is 16.8 Å². The largest absolute Gasteiger partial charge is 0.398 e. The van der Waals surface area contributed by atoms with E-state index in [1.54, 1.807) is 0 Å². The van der Waals surface area contributed by atoms with Gasteiger partial charge in [-0.15, -0.1) is 0 Å². The summed E-state index contributed by atoms with van der Waals surface area (Å²) in [6.45, 7) is 2.06. The van der Waals surface area contributed by atoms with Gasteiger partial charge in [0.05, 0.1) is 10.7 Å². The lowest BCUT2D eigenvalue weighted by atomic mass is 10.1. The first-order chi connectivity index (χ1) is 7.66. The summed E-state index contributed by atoms with van der Waals surface area (Å²) in [6.07, 6.45) is 2.54. The van der Waals surface area contributed by atoms with Crippen molar-refractivity contribution in [2.24, 2.45) is 0 Å². The van der Waals surface area contributed by atoms with E-state index in [4.69, 9.17) is 17.3 Å². The van der Waals surface area contributed by atoms with E-state index in [1.165, 1.54) is 24.3 Å². The molecule has 1 saturated heterocycles. The Hall–Kier alpha value is -0.540. The van der Waals surface area contributed by atoms with Crippen LogP contribution in [0.1, 0.15) is 18.4 Å². The third kappa shape index (κ3) is 2.77. The molecule has 88 valence electrons.